The number of nitrogens with one attached hydrogen (secondary N) is 1. The highest BCUT2D eigenvalue weighted by molar-refractivity contribution is 7.18. The summed E-state index contributed by atoms with van der Waals surface area (Å²) in [6.45, 7) is 5.69. The Morgan fingerprint density at radius 2 is 2.00 bits per heavy atom. The third kappa shape index (κ3) is 4.04. The average molecular weight is 380 g/mol. The van der Waals surface area contributed by atoms with E-state index in [1.807, 2.05) is 18.2 Å². The zero-order valence-electron chi connectivity index (χ0n) is 15.8. The second-order valence-corrected chi connectivity index (χ2v) is 8.54. The molecule has 140 valence electrons. The van der Waals surface area contributed by atoms with E-state index in [1.54, 1.807) is 11.3 Å². The molecule has 0 bridgehead atoms. The van der Waals surface area contributed by atoms with Gasteiger partial charge in [-0.25, -0.2) is 4.98 Å². The molecule has 1 fully saturated rings. The zero-order valence-corrected chi connectivity index (χ0v) is 16.6. The lowest BCUT2D eigenvalue weighted by Crippen LogP contribution is -2.32. The minimum Gasteiger partial charge on any atom is -0.325 e. The van der Waals surface area contributed by atoms with Gasteiger partial charge >= 0.3 is 0 Å². The SMILES string of the molecule is CC(C)c1ccc(NC(=O)CN2CCCC2c2nc3ccccc3s2)cc1. The fourth-order valence-corrected chi connectivity index (χ4v) is 4.80. The van der Waals surface area contributed by atoms with E-state index in [0.717, 1.165) is 35.6 Å². The summed E-state index contributed by atoms with van der Waals surface area (Å²) >= 11 is 1.75. The molecule has 2 aromatic carbocycles. The van der Waals surface area contributed by atoms with Crippen LogP contribution < -0.4 is 5.32 Å². The van der Waals surface area contributed by atoms with Crippen molar-refractivity contribution < 1.29 is 4.79 Å². The Morgan fingerprint density at radius 1 is 1.22 bits per heavy atom. The van der Waals surface area contributed by atoms with Crippen molar-refractivity contribution in [1.82, 2.24) is 9.88 Å². The molecule has 1 amide bonds. The third-order valence-electron chi connectivity index (χ3n) is 5.17. The second-order valence-electron chi connectivity index (χ2n) is 7.47. The number of nitrogens with zero attached hydrogens (tertiary/aromatic N) is 2. The highest BCUT2D eigenvalue weighted by Crippen LogP contribution is 2.36. The Morgan fingerprint density at radius 3 is 2.74 bits per heavy atom. The molecule has 1 saturated heterocycles. The van der Waals surface area contributed by atoms with Crippen LogP contribution in [0.3, 0.4) is 0 Å². The first-order valence-corrected chi connectivity index (χ1v) is 10.4. The molecule has 1 aromatic heterocycles. The van der Waals surface area contributed by atoms with Gasteiger partial charge in [-0.3, -0.25) is 9.69 Å². The van der Waals surface area contributed by atoms with Gasteiger partial charge in [-0.1, -0.05) is 38.1 Å². The van der Waals surface area contributed by atoms with Crippen LogP contribution >= 0.6 is 11.3 Å². The van der Waals surface area contributed by atoms with Gasteiger partial charge in [0.05, 0.1) is 22.8 Å². The Balaban J connectivity index is 1.42. The van der Waals surface area contributed by atoms with Crippen LogP contribution in [0.4, 0.5) is 5.69 Å². The number of fused-ring (bicyclic) bond motifs is 1. The molecule has 1 N–H and O–H groups in total. The largest absolute Gasteiger partial charge is 0.325 e. The van der Waals surface area contributed by atoms with Crippen LogP contribution in [0.1, 0.15) is 49.2 Å². The minimum atomic E-state index is 0.0420. The van der Waals surface area contributed by atoms with Gasteiger partial charge in [-0.15, -0.1) is 11.3 Å². The van der Waals surface area contributed by atoms with Crippen LogP contribution in [0.25, 0.3) is 10.2 Å². The van der Waals surface area contributed by atoms with E-state index < -0.39 is 0 Å². The Labute approximate surface area is 164 Å². The smallest absolute Gasteiger partial charge is 0.238 e. The first-order chi connectivity index (χ1) is 13.1. The lowest BCUT2D eigenvalue weighted by atomic mass is 10.0. The molecule has 1 aliphatic heterocycles. The number of carbonyl (C=O) groups is 1. The summed E-state index contributed by atoms with van der Waals surface area (Å²) in [5.74, 6) is 0.536. The van der Waals surface area contributed by atoms with Crippen molar-refractivity contribution in [1.29, 1.82) is 0 Å². The number of aromatic nitrogens is 1. The molecule has 4 rings (SSSR count). The minimum absolute atomic E-state index is 0.0420. The molecular weight excluding hydrogens is 354 g/mol. The summed E-state index contributed by atoms with van der Waals surface area (Å²) in [5.41, 5.74) is 3.20. The molecule has 0 saturated carbocycles. The summed E-state index contributed by atoms with van der Waals surface area (Å²) in [6.07, 6.45) is 2.17. The van der Waals surface area contributed by atoms with Crippen LogP contribution in [-0.4, -0.2) is 28.9 Å². The first kappa shape index (κ1) is 18.1. The topological polar surface area (TPSA) is 45.2 Å². The molecule has 2 heterocycles. The molecule has 4 nitrogen and oxygen atoms in total. The molecule has 1 atom stereocenters. The van der Waals surface area contributed by atoms with Gasteiger partial charge in [-0.05, 0) is 55.1 Å². The number of hydrogen-bond donors (Lipinski definition) is 1. The molecule has 5 heteroatoms. The van der Waals surface area contributed by atoms with E-state index in [4.69, 9.17) is 4.98 Å². The van der Waals surface area contributed by atoms with Crippen molar-refractivity contribution in [2.75, 3.05) is 18.4 Å². The van der Waals surface area contributed by atoms with Crippen LogP contribution in [-0.2, 0) is 4.79 Å². The standard InChI is InChI=1S/C22H25N3OS/c1-15(2)16-9-11-17(12-10-16)23-21(26)14-25-13-5-7-19(25)22-24-18-6-3-4-8-20(18)27-22/h3-4,6,8-12,15,19H,5,7,13-14H2,1-2H3,(H,23,26). The van der Waals surface area contributed by atoms with Gasteiger partial charge < -0.3 is 5.32 Å². The van der Waals surface area contributed by atoms with Crippen LogP contribution in [0.2, 0.25) is 0 Å². The maximum Gasteiger partial charge on any atom is 0.238 e. The lowest BCUT2D eigenvalue weighted by Gasteiger charge is -2.22. The van der Waals surface area contributed by atoms with Crippen LogP contribution in [0.5, 0.6) is 0 Å². The van der Waals surface area contributed by atoms with Gasteiger partial charge in [0.25, 0.3) is 0 Å². The quantitative estimate of drug-likeness (QED) is 0.663. The molecule has 1 unspecified atom stereocenters. The fraction of sp³-hybridized carbons (Fsp3) is 0.364. The van der Waals surface area contributed by atoms with E-state index in [0.29, 0.717) is 12.5 Å². The molecule has 1 aliphatic rings. The predicted molar refractivity (Wildman–Crippen MR) is 112 cm³/mol. The lowest BCUT2D eigenvalue weighted by molar-refractivity contribution is -0.117. The zero-order chi connectivity index (χ0) is 18.8. The van der Waals surface area contributed by atoms with E-state index in [-0.39, 0.29) is 11.9 Å². The molecular formula is C22H25N3OS. The maximum atomic E-state index is 12.6. The highest BCUT2D eigenvalue weighted by atomic mass is 32.1. The molecule has 3 aromatic rings. The van der Waals surface area contributed by atoms with Gasteiger partial charge in [-0.2, -0.15) is 0 Å². The normalized spacial score (nSPS) is 17.7. The third-order valence-corrected chi connectivity index (χ3v) is 6.30. The first-order valence-electron chi connectivity index (χ1n) is 9.59. The monoisotopic (exact) mass is 379 g/mol. The van der Waals surface area contributed by atoms with Crippen molar-refractivity contribution in [3.63, 3.8) is 0 Å². The number of rotatable bonds is 5. The maximum absolute atomic E-state index is 12.6. The summed E-state index contributed by atoms with van der Waals surface area (Å²) in [5, 5.41) is 4.16. The van der Waals surface area contributed by atoms with Crippen molar-refractivity contribution >= 4 is 33.1 Å². The molecule has 0 radical (unpaired) electrons. The number of para-hydroxylation sites is 1. The van der Waals surface area contributed by atoms with E-state index in [9.17, 15) is 4.79 Å². The van der Waals surface area contributed by atoms with Crippen molar-refractivity contribution in [2.24, 2.45) is 0 Å². The van der Waals surface area contributed by atoms with E-state index >= 15 is 0 Å². The number of hydrogen-bond acceptors (Lipinski definition) is 4. The number of carbonyl (C=O) groups excluding carboxylic acids is 1. The van der Waals surface area contributed by atoms with Gasteiger partial charge in [0.2, 0.25) is 5.91 Å². The van der Waals surface area contributed by atoms with Crippen molar-refractivity contribution in [3.8, 4) is 0 Å². The van der Waals surface area contributed by atoms with Crippen LogP contribution in [0.15, 0.2) is 48.5 Å². The predicted octanol–water partition coefficient (Wildman–Crippen LogP) is 5.20. The van der Waals surface area contributed by atoms with E-state index in [1.165, 1.54) is 10.3 Å². The Hall–Kier alpha value is -2.24. The van der Waals surface area contributed by atoms with E-state index in [2.05, 4.69) is 54.4 Å². The van der Waals surface area contributed by atoms with Gasteiger partial charge in [0.1, 0.15) is 5.01 Å². The van der Waals surface area contributed by atoms with Gasteiger partial charge in [0, 0.05) is 5.69 Å². The number of benzene rings is 2. The van der Waals surface area contributed by atoms with Crippen molar-refractivity contribution in [3.05, 3.63) is 59.1 Å². The number of amides is 1. The van der Waals surface area contributed by atoms with Crippen LogP contribution in [0, 0.1) is 0 Å². The summed E-state index contributed by atoms with van der Waals surface area (Å²) in [6, 6.07) is 16.6. The van der Waals surface area contributed by atoms with Crippen molar-refractivity contribution in [2.45, 2.75) is 38.6 Å². The Bertz CT molecular complexity index is 899. The second kappa shape index (κ2) is 7.79. The van der Waals surface area contributed by atoms with Gasteiger partial charge in [0.15, 0.2) is 0 Å². The molecule has 0 aliphatic carbocycles. The number of likely N-dealkylation sites (tertiary alicyclic amines) is 1. The summed E-state index contributed by atoms with van der Waals surface area (Å²) in [7, 11) is 0. The summed E-state index contributed by atoms with van der Waals surface area (Å²) in [4.78, 5) is 19.6. The summed E-state index contributed by atoms with van der Waals surface area (Å²) < 4.78 is 1.22. The average Bonchev–Trinajstić information content (AvgIpc) is 3.28. The highest BCUT2D eigenvalue weighted by Gasteiger charge is 2.30. The Kier molecular flexibility index (Phi) is 5.23. The molecule has 27 heavy (non-hydrogen) atoms. The number of anilines is 1. The number of thiazole rings is 1. The fourth-order valence-electron chi connectivity index (χ4n) is 3.66. The molecule has 0 spiro atoms.